The van der Waals surface area contributed by atoms with E-state index in [1.807, 2.05) is 6.92 Å². The molecular weight excluding hydrogens is 228 g/mol. The minimum atomic E-state index is 0.272. The van der Waals surface area contributed by atoms with Crippen LogP contribution < -0.4 is 8.92 Å². The predicted octanol–water partition coefficient (Wildman–Crippen LogP) is 2.80. The first kappa shape index (κ1) is 12.6. The molecule has 1 N–H and O–H groups in total. The number of carbonyl (C=O) groups excluding carboxylic acids is 1. The van der Waals surface area contributed by atoms with Crippen molar-refractivity contribution in [3.8, 4) is 11.5 Å². The summed E-state index contributed by atoms with van der Waals surface area (Å²) in [5.41, 5.74) is 1.61. The van der Waals surface area contributed by atoms with E-state index in [1.54, 1.807) is 18.2 Å². The zero-order valence-corrected chi connectivity index (χ0v) is 9.78. The fraction of sp³-hybridized carbons (Fsp3) is 0.182. The minimum absolute atomic E-state index is 0.272. The Balaban J connectivity index is 3.11. The number of hydrogen-bond donors (Lipinski definition) is 1. The van der Waals surface area contributed by atoms with Crippen LogP contribution in [-0.2, 0) is 4.79 Å². The zero-order valence-electron chi connectivity index (χ0n) is 8.97. The maximum Gasteiger partial charge on any atom is 0.222 e. The molecule has 0 saturated heterocycles. The standard InChI is InChI=1S/C11H12O4S/c1-8(5-6-12)10-4-3-9(15-16-13)7-11(10)14-2/h3-7,13H,1-2H3/b8-5-. The van der Waals surface area contributed by atoms with Gasteiger partial charge in [-0.1, -0.05) is 0 Å². The van der Waals surface area contributed by atoms with Crippen molar-refractivity contribution in [2.75, 3.05) is 7.11 Å². The van der Waals surface area contributed by atoms with Crippen molar-refractivity contribution in [2.45, 2.75) is 6.92 Å². The molecular formula is C11H12O4S. The van der Waals surface area contributed by atoms with Crippen molar-refractivity contribution in [1.29, 1.82) is 0 Å². The highest BCUT2D eigenvalue weighted by atomic mass is 32.2. The summed E-state index contributed by atoms with van der Waals surface area (Å²) in [5, 5.41) is 0. The van der Waals surface area contributed by atoms with E-state index >= 15 is 0 Å². The Labute approximate surface area is 98.3 Å². The summed E-state index contributed by atoms with van der Waals surface area (Å²) in [6, 6.07) is 5.09. The lowest BCUT2D eigenvalue weighted by atomic mass is 10.1. The lowest BCUT2D eigenvalue weighted by Gasteiger charge is -2.09. The van der Waals surface area contributed by atoms with E-state index in [4.69, 9.17) is 13.5 Å². The Morgan fingerprint density at radius 1 is 1.50 bits per heavy atom. The van der Waals surface area contributed by atoms with Crippen LogP contribution in [0, 0.1) is 0 Å². The van der Waals surface area contributed by atoms with Crippen LogP contribution in [0.3, 0.4) is 0 Å². The number of benzene rings is 1. The molecule has 1 aromatic rings. The van der Waals surface area contributed by atoms with Gasteiger partial charge >= 0.3 is 0 Å². The third-order valence-electron chi connectivity index (χ3n) is 2.05. The van der Waals surface area contributed by atoms with Crippen LogP contribution in [-0.4, -0.2) is 17.9 Å². The Bertz CT molecular complexity index is 401. The Morgan fingerprint density at radius 3 is 2.81 bits per heavy atom. The van der Waals surface area contributed by atoms with Crippen LogP contribution >= 0.6 is 12.3 Å². The molecule has 0 spiro atoms. The third kappa shape index (κ3) is 3.01. The van der Waals surface area contributed by atoms with Gasteiger partial charge in [-0.2, -0.15) is 0 Å². The molecule has 0 bridgehead atoms. The summed E-state index contributed by atoms with van der Waals surface area (Å²) < 4.78 is 18.6. The van der Waals surface area contributed by atoms with Crippen LogP contribution in [0.2, 0.25) is 0 Å². The Morgan fingerprint density at radius 2 is 2.25 bits per heavy atom. The summed E-state index contributed by atoms with van der Waals surface area (Å²) in [4.78, 5) is 10.4. The molecule has 0 atom stereocenters. The maximum atomic E-state index is 10.4. The van der Waals surface area contributed by atoms with Crippen molar-refractivity contribution in [1.82, 2.24) is 0 Å². The van der Waals surface area contributed by atoms with Gasteiger partial charge in [0.2, 0.25) is 12.3 Å². The van der Waals surface area contributed by atoms with Crippen molar-refractivity contribution in [3.63, 3.8) is 0 Å². The molecule has 16 heavy (non-hydrogen) atoms. The lowest BCUT2D eigenvalue weighted by molar-refractivity contribution is -0.104. The smallest absolute Gasteiger partial charge is 0.222 e. The first-order valence-corrected chi connectivity index (χ1v) is 5.21. The molecule has 0 fully saturated rings. The molecule has 1 aromatic carbocycles. The van der Waals surface area contributed by atoms with Crippen LogP contribution in [0.5, 0.6) is 11.5 Å². The lowest BCUT2D eigenvalue weighted by Crippen LogP contribution is -1.91. The van der Waals surface area contributed by atoms with E-state index in [0.717, 1.165) is 17.4 Å². The number of ether oxygens (including phenoxy) is 1. The Hall–Kier alpha value is -1.46. The van der Waals surface area contributed by atoms with Crippen molar-refractivity contribution in [3.05, 3.63) is 29.8 Å². The summed E-state index contributed by atoms with van der Waals surface area (Å²) in [6.07, 6.45) is 2.18. The zero-order chi connectivity index (χ0) is 12.0. The number of allylic oxidation sites excluding steroid dienone is 2. The van der Waals surface area contributed by atoms with Crippen LogP contribution in [0.1, 0.15) is 12.5 Å². The summed E-state index contributed by atoms with van der Waals surface area (Å²) in [7, 11) is 1.53. The van der Waals surface area contributed by atoms with E-state index in [-0.39, 0.29) is 12.3 Å². The molecule has 0 aliphatic heterocycles. The summed E-state index contributed by atoms with van der Waals surface area (Å²) in [6.45, 7) is 1.81. The predicted molar refractivity (Wildman–Crippen MR) is 63.6 cm³/mol. The third-order valence-corrected chi connectivity index (χ3v) is 2.32. The molecule has 4 nitrogen and oxygen atoms in total. The first-order valence-electron chi connectivity index (χ1n) is 4.51. The Kier molecular flexibility index (Phi) is 4.88. The molecule has 0 unspecified atom stereocenters. The highest BCUT2D eigenvalue weighted by molar-refractivity contribution is 7.89. The van der Waals surface area contributed by atoms with Gasteiger partial charge in [0.15, 0.2) is 0 Å². The van der Waals surface area contributed by atoms with Gasteiger partial charge in [-0.05, 0) is 30.7 Å². The maximum absolute atomic E-state index is 10.4. The fourth-order valence-electron chi connectivity index (χ4n) is 1.28. The van der Waals surface area contributed by atoms with Crippen LogP contribution in [0.4, 0.5) is 0 Å². The van der Waals surface area contributed by atoms with Gasteiger partial charge in [-0.3, -0.25) is 9.35 Å². The monoisotopic (exact) mass is 240 g/mol. The van der Waals surface area contributed by atoms with Crippen LogP contribution in [0.25, 0.3) is 5.57 Å². The second-order valence-electron chi connectivity index (χ2n) is 3.01. The molecule has 0 aliphatic carbocycles. The summed E-state index contributed by atoms with van der Waals surface area (Å²) >= 11 is 0.272. The molecule has 1 rings (SSSR count). The highest BCUT2D eigenvalue weighted by Crippen LogP contribution is 2.30. The number of aldehydes is 1. The van der Waals surface area contributed by atoms with Gasteiger partial charge in [-0.25, -0.2) is 0 Å². The van der Waals surface area contributed by atoms with Crippen molar-refractivity contribution >= 4 is 24.2 Å². The van der Waals surface area contributed by atoms with E-state index in [0.29, 0.717) is 11.5 Å². The second-order valence-corrected chi connectivity index (χ2v) is 3.32. The highest BCUT2D eigenvalue weighted by Gasteiger charge is 2.07. The molecule has 0 heterocycles. The average Bonchev–Trinajstić information content (AvgIpc) is 2.29. The van der Waals surface area contributed by atoms with Gasteiger partial charge in [0, 0.05) is 11.6 Å². The normalized spacial score (nSPS) is 11.1. The second kappa shape index (κ2) is 6.19. The summed E-state index contributed by atoms with van der Waals surface area (Å²) in [5.74, 6) is 1.06. The SMILES string of the molecule is COc1cc(OSO)ccc1/C(C)=C\C=O. The van der Waals surface area contributed by atoms with Crippen molar-refractivity contribution < 1.29 is 18.3 Å². The van der Waals surface area contributed by atoms with Gasteiger partial charge < -0.3 is 8.92 Å². The molecule has 86 valence electrons. The number of methoxy groups -OCH3 is 1. The van der Waals surface area contributed by atoms with Gasteiger partial charge in [0.25, 0.3) is 0 Å². The minimum Gasteiger partial charge on any atom is -0.496 e. The molecule has 0 aliphatic rings. The van der Waals surface area contributed by atoms with Gasteiger partial charge in [0.1, 0.15) is 17.8 Å². The fourth-order valence-corrected chi connectivity index (χ4v) is 1.47. The van der Waals surface area contributed by atoms with E-state index in [1.165, 1.54) is 13.2 Å². The largest absolute Gasteiger partial charge is 0.496 e. The van der Waals surface area contributed by atoms with E-state index < -0.39 is 0 Å². The molecule has 5 heteroatoms. The molecule has 0 saturated carbocycles. The quantitative estimate of drug-likeness (QED) is 0.487. The number of rotatable bonds is 5. The number of carbonyl (C=O) groups is 1. The van der Waals surface area contributed by atoms with E-state index in [9.17, 15) is 4.79 Å². The van der Waals surface area contributed by atoms with Crippen LogP contribution in [0.15, 0.2) is 24.3 Å². The average molecular weight is 240 g/mol. The topological polar surface area (TPSA) is 55.8 Å². The first-order chi connectivity index (χ1) is 7.72. The van der Waals surface area contributed by atoms with Gasteiger partial charge in [-0.15, -0.1) is 0 Å². The molecule has 0 aromatic heterocycles. The molecule has 0 radical (unpaired) electrons. The molecule has 0 amide bonds. The number of hydrogen-bond acceptors (Lipinski definition) is 5. The van der Waals surface area contributed by atoms with E-state index in [2.05, 4.69) is 0 Å². The van der Waals surface area contributed by atoms with Gasteiger partial charge in [0.05, 0.1) is 7.11 Å². The van der Waals surface area contributed by atoms with Crippen molar-refractivity contribution in [2.24, 2.45) is 0 Å².